The lowest BCUT2D eigenvalue weighted by Gasteiger charge is -2.05. The van der Waals surface area contributed by atoms with Crippen molar-refractivity contribution in [1.82, 2.24) is 5.43 Å². The fourth-order valence-corrected chi connectivity index (χ4v) is 2.47. The Labute approximate surface area is 125 Å². The van der Waals surface area contributed by atoms with Crippen molar-refractivity contribution in [3.05, 3.63) is 40.1 Å². The van der Waals surface area contributed by atoms with E-state index < -0.39 is 0 Å². The molecule has 0 atom stereocenters. The number of rotatable bonds is 4. The van der Waals surface area contributed by atoms with Gasteiger partial charge in [-0.25, -0.2) is 5.43 Å². The SMILES string of the molecule is COc1cc(/C=N/NC(=O)c2cccs2)cc2c1OCO2. The molecule has 2 aromatic rings. The van der Waals surface area contributed by atoms with E-state index in [1.54, 1.807) is 25.3 Å². The van der Waals surface area contributed by atoms with Crippen molar-refractivity contribution < 1.29 is 19.0 Å². The van der Waals surface area contributed by atoms with Gasteiger partial charge in [0.15, 0.2) is 11.5 Å². The van der Waals surface area contributed by atoms with Gasteiger partial charge in [0, 0.05) is 5.56 Å². The second kappa shape index (κ2) is 5.84. The molecule has 1 amide bonds. The molecule has 1 aromatic heterocycles. The van der Waals surface area contributed by atoms with Gasteiger partial charge in [-0.2, -0.15) is 5.10 Å². The van der Waals surface area contributed by atoms with Gasteiger partial charge >= 0.3 is 0 Å². The van der Waals surface area contributed by atoms with Gasteiger partial charge in [0.25, 0.3) is 5.91 Å². The lowest BCUT2D eigenvalue weighted by Crippen LogP contribution is -2.16. The fraction of sp³-hybridized carbons (Fsp3) is 0.143. The van der Waals surface area contributed by atoms with E-state index in [0.717, 1.165) is 5.56 Å². The summed E-state index contributed by atoms with van der Waals surface area (Å²) < 4.78 is 15.9. The maximum Gasteiger partial charge on any atom is 0.281 e. The smallest absolute Gasteiger partial charge is 0.281 e. The third-order valence-corrected chi connectivity index (χ3v) is 3.67. The van der Waals surface area contributed by atoms with Crippen molar-refractivity contribution in [1.29, 1.82) is 0 Å². The molecule has 0 fully saturated rings. The average molecular weight is 304 g/mol. The number of amides is 1. The molecule has 0 radical (unpaired) electrons. The minimum absolute atomic E-state index is 0.168. The summed E-state index contributed by atoms with van der Waals surface area (Å²) in [6.07, 6.45) is 1.52. The van der Waals surface area contributed by atoms with E-state index in [1.165, 1.54) is 17.6 Å². The fourth-order valence-electron chi connectivity index (χ4n) is 1.85. The Morgan fingerprint density at radius 1 is 1.48 bits per heavy atom. The van der Waals surface area contributed by atoms with E-state index in [2.05, 4.69) is 10.5 Å². The Balaban J connectivity index is 1.73. The van der Waals surface area contributed by atoms with Gasteiger partial charge in [-0.1, -0.05) is 6.07 Å². The molecule has 21 heavy (non-hydrogen) atoms. The molecule has 1 aliphatic rings. The van der Waals surface area contributed by atoms with Gasteiger partial charge in [0.05, 0.1) is 18.2 Å². The largest absolute Gasteiger partial charge is 0.493 e. The number of ether oxygens (including phenoxy) is 3. The first kappa shape index (κ1) is 13.4. The third-order valence-electron chi connectivity index (χ3n) is 2.81. The summed E-state index contributed by atoms with van der Waals surface area (Å²) in [5.41, 5.74) is 3.21. The first-order valence-corrected chi connectivity index (χ1v) is 7.00. The van der Waals surface area contributed by atoms with Crippen LogP contribution in [0.5, 0.6) is 17.2 Å². The van der Waals surface area contributed by atoms with Crippen LogP contribution < -0.4 is 19.6 Å². The standard InChI is InChI=1S/C14H12N2O4S/c1-18-10-5-9(6-11-13(10)20-8-19-11)7-15-16-14(17)12-3-2-4-21-12/h2-7H,8H2,1H3,(H,16,17)/b15-7+. The minimum atomic E-state index is -0.242. The number of carbonyl (C=O) groups excluding carboxylic acids is 1. The third kappa shape index (κ3) is 2.82. The predicted molar refractivity (Wildman–Crippen MR) is 78.5 cm³/mol. The summed E-state index contributed by atoms with van der Waals surface area (Å²) in [5.74, 6) is 1.50. The summed E-state index contributed by atoms with van der Waals surface area (Å²) >= 11 is 1.36. The van der Waals surface area contributed by atoms with Crippen LogP contribution in [0.2, 0.25) is 0 Å². The molecular formula is C14H12N2O4S. The average Bonchev–Trinajstić information content (AvgIpc) is 3.17. The quantitative estimate of drug-likeness (QED) is 0.695. The highest BCUT2D eigenvalue weighted by molar-refractivity contribution is 7.12. The molecule has 3 rings (SSSR count). The van der Waals surface area contributed by atoms with Crippen LogP contribution in [0.1, 0.15) is 15.2 Å². The number of carbonyl (C=O) groups is 1. The molecule has 1 N–H and O–H groups in total. The first-order valence-electron chi connectivity index (χ1n) is 6.12. The zero-order chi connectivity index (χ0) is 14.7. The number of thiophene rings is 1. The van der Waals surface area contributed by atoms with Crippen molar-refractivity contribution in [2.45, 2.75) is 0 Å². The van der Waals surface area contributed by atoms with Gasteiger partial charge in [-0.3, -0.25) is 4.79 Å². The highest BCUT2D eigenvalue weighted by atomic mass is 32.1. The molecule has 1 aromatic carbocycles. The number of nitrogens with zero attached hydrogens (tertiary/aromatic N) is 1. The van der Waals surface area contributed by atoms with E-state index >= 15 is 0 Å². The molecule has 0 unspecified atom stereocenters. The van der Waals surface area contributed by atoms with E-state index in [-0.39, 0.29) is 12.7 Å². The van der Waals surface area contributed by atoms with Gasteiger partial charge in [-0.15, -0.1) is 11.3 Å². The van der Waals surface area contributed by atoms with Crippen LogP contribution in [0.15, 0.2) is 34.7 Å². The number of hydrogen-bond acceptors (Lipinski definition) is 6. The van der Waals surface area contributed by atoms with Crippen LogP contribution in [-0.4, -0.2) is 26.0 Å². The van der Waals surface area contributed by atoms with Crippen molar-refractivity contribution in [2.24, 2.45) is 5.10 Å². The van der Waals surface area contributed by atoms with Gasteiger partial charge in [-0.05, 0) is 23.6 Å². The molecule has 0 spiro atoms. The van der Waals surface area contributed by atoms with E-state index in [0.29, 0.717) is 22.1 Å². The highest BCUT2D eigenvalue weighted by Gasteiger charge is 2.19. The van der Waals surface area contributed by atoms with E-state index in [1.807, 2.05) is 11.4 Å². The Hall–Kier alpha value is -2.54. The number of methoxy groups -OCH3 is 1. The predicted octanol–water partition coefficient (Wildman–Crippen LogP) is 2.25. The van der Waals surface area contributed by atoms with Crippen LogP contribution in [0.25, 0.3) is 0 Å². The molecule has 1 aliphatic heterocycles. The lowest BCUT2D eigenvalue weighted by atomic mass is 10.2. The molecule has 0 aliphatic carbocycles. The van der Waals surface area contributed by atoms with Crippen LogP contribution in [-0.2, 0) is 0 Å². The van der Waals surface area contributed by atoms with Crippen molar-refractivity contribution in [3.8, 4) is 17.2 Å². The van der Waals surface area contributed by atoms with E-state index in [4.69, 9.17) is 14.2 Å². The summed E-state index contributed by atoms with van der Waals surface area (Å²) in [6, 6.07) is 7.07. The number of hydrogen-bond donors (Lipinski definition) is 1. The Bertz CT molecular complexity index is 683. The number of hydrazone groups is 1. The molecule has 7 heteroatoms. The van der Waals surface area contributed by atoms with Crippen LogP contribution in [0.4, 0.5) is 0 Å². The summed E-state index contributed by atoms with van der Waals surface area (Å²) in [7, 11) is 1.55. The second-order valence-electron chi connectivity index (χ2n) is 4.13. The summed E-state index contributed by atoms with van der Waals surface area (Å²) in [4.78, 5) is 12.3. The first-order chi connectivity index (χ1) is 10.3. The molecular weight excluding hydrogens is 292 g/mol. The van der Waals surface area contributed by atoms with E-state index in [9.17, 15) is 4.79 Å². The maximum atomic E-state index is 11.7. The molecule has 0 saturated carbocycles. The molecule has 0 saturated heterocycles. The van der Waals surface area contributed by atoms with Gasteiger partial charge in [0.1, 0.15) is 0 Å². The number of benzene rings is 1. The van der Waals surface area contributed by atoms with Gasteiger partial charge < -0.3 is 14.2 Å². The topological polar surface area (TPSA) is 69.2 Å². The van der Waals surface area contributed by atoms with Gasteiger partial charge in [0.2, 0.25) is 12.5 Å². The summed E-state index contributed by atoms with van der Waals surface area (Å²) in [6.45, 7) is 0.168. The molecule has 6 nitrogen and oxygen atoms in total. The maximum absolute atomic E-state index is 11.7. The Kier molecular flexibility index (Phi) is 3.74. The number of nitrogens with one attached hydrogen (secondary N) is 1. The molecule has 108 valence electrons. The normalized spacial score (nSPS) is 12.6. The zero-order valence-electron chi connectivity index (χ0n) is 11.2. The second-order valence-corrected chi connectivity index (χ2v) is 5.08. The van der Waals surface area contributed by atoms with Crippen LogP contribution >= 0.6 is 11.3 Å². The summed E-state index contributed by atoms with van der Waals surface area (Å²) in [5, 5.41) is 5.76. The molecule has 2 heterocycles. The highest BCUT2D eigenvalue weighted by Crippen LogP contribution is 2.41. The van der Waals surface area contributed by atoms with Crippen molar-refractivity contribution in [2.75, 3.05) is 13.9 Å². The zero-order valence-corrected chi connectivity index (χ0v) is 12.0. The number of fused-ring (bicyclic) bond motifs is 1. The van der Waals surface area contributed by atoms with Crippen LogP contribution in [0, 0.1) is 0 Å². The van der Waals surface area contributed by atoms with Crippen molar-refractivity contribution in [3.63, 3.8) is 0 Å². The Morgan fingerprint density at radius 2 is 2.38 bits per heavy atom. The van der Waals surface area contributed by atoms with Crippen molar-refractivity contribution >= 4 is 23.5 Å². The molecule has 0 bridgehead atoms. The van der Waals surface area contributed by atoms with Crippen LogP contribution in [0.3, 0.4) is 0 Å². The lowest BCUT2D eigenvalue weighted by molar-refractivity contribution is 0.0959. The monoisotopic (exact) mass is 304 g/mol. The Morgan fingerprint density at radius 3 is 3.14 bits per heavy atom. The minimum Gasteiger partial charge on any atom is -0.493 e.